The molecule has 0 bridgehead atoms. The molecule has 10 heteroatoms. The van der Waals surface area contributed by atoms with Gasteiger partial charge in [-0.25, -0.2) is 8.42 Å². The summed E-state index contributed by atoms with van der Waals surface area (Å²) in [5, 5.41) is -0.294. The topological polar surface area (TPSA) is 115 Å². The standard InChI is InChI=1S/C15H26F2N2O5S/c1-4-14(2,3)12(20)18-8-10-6-5-7-11(10)9-19-13(21)15(16,17)25(22,23)24/h10-11H,4-9H2,1-3H3,(H,18,20)(H,19,21)(H,22,23,24)/p-1. The molecule has 1 saturated carbocycles. The highest BCUT2D eigenvalue weighted by atomic mass is 32.2. The maximum Gasteiger partial charge on any atom is 0.410 e. The number of carbonyl (C=O) groups excluding carboxylic acids is 2. The summed E-state index contributed by atoms with van der Waals surface area (Å²) in [5.74, 6) is -2.38. The molecule has 7 nitrogen and oxygen atoms in total. The molecular weight excluding hydrogens is 358 g/mol. The van der Waals surface area contributed by atoms with Crippen LogP contribution in [0.15, 0.2) is 0 Å². The monoisotopic (exact) mass is 383 g/mol. The Morgan fingerprint density at radius 3 is 1.92 bits per heavy atom. The third-order valence-corrected chi connectivity index (χ3v) is 5.76. The maximum atomic E-state index is 13.1. The third-order valence-electron chi connectivity index (χ3n) is 4.94. The summed E-state index contributed by atoms with van der Waals surface area (Å²) in [6.45, 7) is 5.73. The molecule has 0 heterocycles. The zero-order chi connectivity index (χ0) is 19.5. The average Bonchev–Trinajstić information content (AvgIpc) is 2.96. The van der Waals surface area contributed by atoms with Gasteiger partial charge in [-0.3, -0.25) is 9.59 Å². The highest BCUT2D eigenvalue weighted by molar-refractivity contribution is 7.87. The minimum atomic E-state index is -6.05. The number of hydrogen-bond donors (Lipinski definition) is 2. The van der Waals surface area contributed by atoms with E-state index in [1.165, 1.54) is 0 Å². The Kier molecular flexibility index (Phi) is 6.91. The van der Waals surface area contributed by atoms with E-state index in [4.69, 9.17) is 0 Å². The van der Waals surface area contributed by atoms with Crippen molar-refractivity contribution in [3.05, 3.63) is 0 Å². The van der Waals surface area contributed by atoms with Gasteiger partial charge in [0, 0.05) is 18.5 Å². The molecule has 0 aromatic rings. The molecular formula is C15H25F2N2O5S-. The molecule has 0 radical (unpaired) electrons. The van der Waals surface area contributed by atoms with Gasteiger partial charge < -0.3 is 15.2 Å². The summed E-state index contributed by atoms with van der Waals surface area (Å²) >= 11 is 0. The Morgan fingerprint density at radius 1 is 1.08 bits per heavy atom. The van der Waals surface area contributed by atoms with Crippen molar-refractivity contribution in [2.45, 2.75) is 51.7 Å². The van der Waals surface area contributed by atoms with E-state index in [2.05, 4.69) is 5.32 Å². The molecule has 146 valence electrons. The number of alkyl halides is 2. The van der Waals surface area contributed by atoms with Gasteiger partial charge in [-0.1, -0.05) is 27.2 Å². The van der Waals surface area contributed by atoms with Crippen molar-refractivity contribution in [3.8, 4) is 0 Å². The Balaban J connectivity index is 2.57. The molecule has 1 aliphatic carbocycles. The van der Waals surface area contributed by atoms with Gasteiger partial charge in [0.15, 0.2) is 10.1 Å². The van der Waals surface area contributed by atoms with Crippen molar-refractivity contribution < 1.29 is 31.3 Å². The normalized spacial score (nSPS) is 21.8. The molecule has 2 unspecified atom stereocenters. The van der Waals surface area contributed by atoms with Crippen LogP contribution in [0.5, 0.6) is 0 Å². The van der Waals surface area contributed by atoms with E-state index in [0.717, 1.165) is 12.8 Å². The highest BCUT2D eigenvalue weighted by Gasteiger charge is 2.46. The van der Waals surface area contributed by atoms with Crippen LogP contribution in [0.3, 0.4) is 0 Å². The first-order valence-electron chi connectivity index (χ1n) is 8.22. The smallest absolute Gasteiger partial charge is 0.410 e. The number of nitrogens with one attached hydrogen (secondary N) is 2. The molecule has 2 amide bonds. The molecule has 0 aromatic carbocycles. The molecule has 1 fully saturated rings. The largest absolute Gasteiger partial charge is 0.743 e. The van der Waals surface area contributed by atoms with Gasteiger partial charge in [-0.05, 0) is 31.1 Å². The van der Waals surface area contributed by atoms with Crippen LogP contribution in [0, 0.1) is 17.3 Å². The summed E-state index contributed by atoms with van der Waals surface area (Å²) in [6.07, 6.45) is 2.91. The first-order chi connectivity index (χ1) is 11.3. The maximum absolute atomic E-state index is 13.1. The predicted molar refractivity (Wildman–Crippen MR) is 85.6 cm³/mol. The van der Waals surface area contributed by atoms with Gasteiger partial charge >= 0.3 is 11.2 Å². The van der Waals surface area contributed by atoms with Crippen molar-refractivity contribution in [2.75, 3.05) is 13.1 Å². The van der Waals surface area contributed by atoms with Crippen molar-refractivity contribution in [1.29, 1.82) is 0 Å². The molecule has 2 atom stereocenters. The lowest BCUT2D eigenvalue weighted by Crippen LogP contribution is -2.47. The fraction of sp³-hybridized carbons (Fsp3) is 0.867. The molecule has 1 rings (SSSR count). The lowest BCUT2D eigenvalue weighted by atomic mass is 9.88. The van der Waals surface area contributed by atoms with E-state index in [0.29, 0.717) is 19.4 Å². The Bertz CT molecular complexity index is 607. The second-order valence-corrected chi connectivity index (χ2v) is 8.50. The zero-order valence-electron chi connectivity index (χ0n) is 14.6. The van der Waals surface area contributed by atoms with Crippen LogP contribution in [0.4, 0.5) is 8.78 Å². The van der Waals surface area contributed by atoms with Crippen LogP contribution in [0.25, 0.3) is 0 Å². The van der Waals surface area contributed by atoms with Crippen molar-refractivity contribution in [1.82, 2.24) is 10.6 Å². The number of amides is 2. The first kappa shape index (κ1) is 21.8. The average molecular weight is 383 g/mol. The Labute approximate surface area is 146 Å². The molecule has 1 aliphatic rings. The van der Waals surface area contributed by atoms with Crippen molar-refractivity contribution in [2.24, 2.45) is 17.3 Å². The molecule has 0 saturated heterocycles. The number of rotatable bonds is 8. The van der Waals surface area contributed by atoms with E-state index >= 15 is 0 Å². The first-order valence-corrected chi connectivity index (χ1v) is 9.63. The van der Waals surface area contributed by atoms with E-state index in [9.17, 15) is 31.3 Å². The molecule has 0 aliphatic heterocycles. The van der Waals surface area contributed by atoms with Gasteiger partial charge in [-0.15, -0.1) is 0 Å². The second-order valence-electron chi connectivity index (χ2n) is 7.08. The predicted octanol–water partition coefficient (Wildman–Crippen LogP) is 1.21. The molecule has 25 heavy (non-hydrogen) atoms. The molecule has 0 spiro atoms. The minimum Gasteiger partial charge on any atom is -0.743 e. The molecule has 0 aromatic heterocycles. The number of carbonyl (C=O) groups is 2. The van der Waals surface area contributed by atoms with Crippen LogP contribution in [0.2, 0.25) is 0 Å². The van der Waals surface area contributed by atoms with Crippen LogP contribution in [-0.4, -0.2) is 43.1 Å². The Hall–Kier alpha value is -1.29. The van der Waals surface area contributed by atoms with Crippen LogP contribution in [0.1, 0.15) is 46.5 Å². The van der Waals surface area contributed by atoms with Crippen LogP contribution < -0.4 is 10.6 Å². The SMILES string of the molecule is CCC(C)(C)C(=O)NCC1CCCC1CNC(=O)C(F)(F)S(=O)(=O)[O-]. The van der Waals surface area contributed by atoms with Gasteiger partial charge in [0.2, 0.25) is 5.91 Å². The Morgan fingerprint density at radius 2 is 1.52 bits per heavy atom. The summed E-state index contributed by atoms with van der Waals surface area (Å²) in [5.41, 5.74) is -0.507. The summed E-state index contributed by atoms with van der Waals surface area (Å²) in [4.78, 5) is 23.4. The fourth-order valence-corrected chi connectivity index (χ4v) is 3.01. The van der Waals surface area contributed by atoms with E-state index in [1.807, 2.05) is 26.1 Å². The highest BCUT2D eigenvalue weighted by Crippen LogP contribution is 2.31. The summed E-state index contributed by atoms with van der Waals surface area (Å²) < 4.78 is 57.6. The van der Waals surface area contributed by atoms with Crippen LogP contribution >= 0.6 is 0 Å². The number of hydrogen-bond acceptors (Lipinski definition) is 5. The van der Waals surface area contributed by atoms with E-state index in [1.54, 1.807) is 0 Å². The minimum absolute atomic E-state index is 0.00520. The van der Waals surface area contributed by atoms with Crippen LogP contribution in [-0.2, 0) is 19.7 Å². The zero-order valence-corrected chi connectivity index (χ0v) is 15.4. The molecule has 2 N–H and O–H groups in total. The number of halogens is 2. The van der Waals surface area contributed by atoms with Gasteiger partial charge in [-0.2, -0.15) is 8.78 Å². The lowest BCUT2D eigenvalue weighted by Gasteiger charge is -2.26. The second kappa shape index (κ2) is 7.94. The van der Waals surface area contributed by atoms with E-state index in [-0.39, 0.29) is 24.3 Å². The summed E-state index contributed by atoms with van der Waals surface area (Å²) in [7, 11) is -6.05. The van der Waals surface area contributed by atoms with E-state index < -0.39 is 26.7 Å². The van der Waals surface area contributed by atoms with Crippen molar-refractivity contribution >= 4 is 21.9 Å². The van der Waals surface area contributed by atoms with Crippen molar-refractivity contribution in [3.63, 3.8) is 0 Å². The third kappa shape index (κ3) is 5.34. The lowest BCUT2D eigenvalue weighted by molar-refractivity contribution is -0.136. The quantitative estimate of drug-likeness (QED) is 0.611. The summed E-state index contributed by atoms with van der Waals surface area (Å²) in [6, 6.07) is 0. The van der Waals surface area contributed by atoms with Gasteiger partial charge in [0.05, 0.1) is 0 Å². The fourth-order valence-electron chi connectivity index (χ4n) is 2.71. The van der Waals surface area contributed by atoms with Gasteiger partial charge in [0.1, 0.15) is 0 Å². The van der Waals surface area contributed by atoms with Gasteiger partial charge in [0.25, 0.3) is 0 Å².